The zero-order chi connectivity index (χ0) is 11.3. The van der Waals surface area contributed by atoms with Gasteiger partial charge in [-0.05, 0) is 17.7 Å². The molecule has 80 valence electrons. The molecule has 0 radical (unpaired) electrons. The van der Waals surface area contributed by atoms with Crippen molar-refractivity contribution in [3.05, 3.63) is 29.8 Å². The molecule has 0 aliphatic heterocycles. The molecule has 6 heteroatoms. The lowest BCUT2D eigenvalue weighted by Gasteiger charge is -2.04. The molecule has 0 aliphatic rings. The first-order chi connectivity index (χ1) is 7.03. The fourth-order valence-corrected chi connectivity index (χ4v) is 1.69. The number of hydrogen-bond donors (Lipinski definition) is 2. The largest absolute Gasteiger partial charge is 0.399 e. The van der Waals surface area contributed by atoms with Gasteiger partial charge in [-0.3, -0.25) is 0 Å². The molecule has 0 atom stereocenters. The Labute approximate surface area is 88.6 Å². The van der Waals surface area contributed by atoms with Crippen molar-refractivity contribution in [2.45, 2.75) is 6.54 Å². The molecular weight excluding hydrogens is 214 g/mol. The van der Waals surface area contributed by atoms with Crippen LogP contribution in [0.4, 0.5) is 5.69 Å². The van der Waals surface area contributed by atoms with Gasteiger partial charge >= 0.3 is 0 Å². The zero-order valence-electron chi connectivity index (χ0n) is 7.97. The van der Waals surface area contributed by atoms with Gasteiger partial charge in [-0.2, -0.15) is 5.26 Å². The minimum atomic E-state index is -3.49. The molecule has 0 fully saturated rings. The van der Waals surface area contributed by atoms with Gasteiger partial charge in [0.25, 0.3) is 0 Å². The molecule has 0 saturated carbocycles. The Morgan fingerprint density at radius 2 is 2.20 bits per heavy atom. The first kappa shape index (κ1) is 11.5. The number of nitrogen functional groups attached to an aromatic ring is 1. The molecule has 1 aromatic rings. The Kier molecular flexibility index (Phi) is 3.66. The van der Waals surface area contributed by atoms with E-state index in [-0.39, 0.29) is 6.54 Å². The van der Waals surface area contributed by atoms with Crippen LogP contribution in [0.25, 0.3) is 0 Å². The molecule has 0 unspecified atom stereocenters. The number of benzene rings is 1. The molecule has 0 bridgehead atoms. The standard InChI is InChI=1S/C9H11N3O2S/c10-4-5-15(13,14)12-7-8-2-1-3-9(11)6-8/h1-3,6,12H,5,7,11H2. The predicted molar refractivity (Wildman–Crippen MR) is 57.1 cm³/mol. The normalized spacial score (nSPS) is 10.9. The average molecular weight is 225 g/mol. The summed E-state index contributed by atoms with van der Waals surface area (Å²) < 4.78 is 24.5. The highest BCUT2D eigenvalue weighted by Crippen LogP contribution is 2.06. The number of rotatable bonds is 4. The lowest BCUT2D eigenvalue weighted by atomic mass is 10.2. The first-order valence-corrected chi connectivity index (χ1v) is 5.87. The summed E-state index contributed by atoms with van der Waals surface area (Å²) in [7, 11) is -3.49. The second-order valence-corrected chi connectivity index (χ2v) is 4.79. The SMILES string of the molecule is N#CCS(=O)(=O)NCc1cccc(N)c1. The van der Waals surface area contributed by atoms with Gasteiger partial charge < -0.3 is 5.73 Å². The highest BCUT2D eigenvalue weighted by Gasteiger charge is 2.08. The van der Waals surface area contributed by atoms with Gasteiger partial charge in [-0.25, -0.2) is 13.1 Å². The van der Waals surface area contributed by atoms with Gasteiger partial charge in [-0.15, -0.1) is 0 Å². The maximum Gasteiger partial charge on any atom is 0.225 e. The van der Waals surface area contributed by atoms with E-state index in [9.17, 15) is 8.42 Å². The van der Waals surface area contributed by atoms with Gasteiger partial charge in [0.2, 0.25) is 10.0 Å². The zero-order valence-corrected chi connectivity index (χ0v) is 8.79. The van der Waals surface area contributed by atoms with E-state index in [1.807, 2.05) is 0 Å². The highest BCUT2D eigenvalue weighted by atomic mass is 32.2. The number of nitrogens with two attached hydrogens (primary N) is 1. The number of nitrogens with one attached hydrogen (secondary N) is 1. The van der Waals surface area contributed by atoms with Gasteiger partial charge in [0.15, 0.2) is 5.75 Å². The number of nitrogens with zero attached hydrogens (tertiary/aromatic N) is 1. The van der Waals surface area contributed by atoms with Crippen molar-refractivity contribution >= 4 is 15.7 Å². The van der Waals surface area contributed by atoms with E-state index in [2.05, 4.69) is 4.72 Å². The van der Waals surface area contributed by atoms with Crippen molar-refractivity contribution in [3.63, 3.8) is 0 Å². The molecular formula is C9H11N3O2S. The molecule has 0 spiro atoms. The van der Waals surface area contributed by atoms with Crippen LogP contribution in [0.15, 0.2) is 24.3 Å². The van der Waals surface area contributed by atoms with E-state index in [0.29, 0.717) is 5.69 Å². The Bertz CT molecular complexity index is 476. The molecule has 1 aromatic carbocycles. The van der Waals surface area contributed by atoms with E-state index in [1.165, 1.54) is 0 Å². The molecule has 5 nitrogen and oxygen atoms in total. The van der Waals surface area contributed by atoms with Gasteiger partial charge in [-0.1, -0.05) is 12.1 Å². The average Bonchev–Trinajstić information content (AvgIpc) is 2.15. The van der Waals surface area contributed by atoms with Gasteiger partial charge in [0.1, 0.15) is 0 Å². The Hall–Kier alpha value is -1.58. The van der Waals surface area contributed by atoms with Crippen LogP contribution in [0, 0.1) is 11.3 Å². The van der Waals surface area contributed by atoms with Crippen LogP contribution >= 0.6 is 0 Å². The molecule has 15 heavy (non-hydrogen) atoms. The summed E-state index contributed by atoms with van der Waals surface area (Å²) >= 11 is 0. The third-order valence-electron chi connectivity index (χ3n) is 1.70. The maximum absolute atomic E-state index is 11.1. The Balaban J connectivity index is 2.62. The second kappa shape index (κ2) is 4.77. The van der Waals surface area contributed by atoms with Gasteiger partial charge in [0, 0.05) is 12.2 Å². The lowest BCUT2D eigenvalue weighted by Crippen LogP contribution is -2.25. The third kappa shape index (κ3) is 3.97. The molecule has 1 rings (SSSR count). The van der Waals surface area contributed by atoms with E-state index < -0.39 is 15.8 Å². The van der Waals surface area contributed by atoms with Crippen molar-refractivity contribution < 1.29 is 8.42 Å². The number of hydrogen-bond acceptors (Lipinski definition) is 4. The summed E-state index contributed by atoms with van der Waals surface area (Å²) in [6.07, 6.45) is 0. The van der Waals surface area contributed by atoms with Crippen LogP contribution in [0.3, 0.4) is 0 Å². The first-order valence-electron chi connectivity index (χ1n) is 4.22. The van der Waals surface area contributed by atoms with Crippen molar-refractivity contribution in [1.82, 2.24) is 4.72 Å². The van der Waals surface area contributed by atoms with E-state index >= 15 is 0 Å². The molecule has 0 heterocycles. The van der Waals surface area contributed by atoms with Crippen LogP contribution in [0.1, 0.15) is 5.56 Å². The summed E-state index contributed by atoms with van der Waals surface area (Å²) in [5, 5.41) is 8.25. The Morgan fingerprint density at radius 3 is 2.80 bits per heavy atom. The van der Waals surface area contributed by atoms with Crippen molar-refractivity contribution in [2.24, 2.45) is 0 Å². The summed E-state index contributed by atoms with van der Waals surface area (Å²) in [4.78, 5) is 0. The van der Waals surface area contributed by atoms with Crippen LogP contribution in [-0.2, 0) is 16.6 Å². The topological polar surface area (TPSA) is 96.0 Å². The summed E-state index contributed by atoms with van der Waals surface area (Å²) in [5.41, 5.74) is 6.86. The molecule has 0 aliphatic carbocycles. The summed E-state index contributed by atoms with van der Waals surface area (Å²) in [5.74, 6) is -0.532. The fraction of sp³-hybridized carbons (Fsp3) is 0.222. The van der Waals surface area contributed by atoms with Crippen LogP contribution in [0.2, 0.25) is 0 Å². The van der Waals surface area contributed by atoms with E-state index in [1.54, 1.807) is 30.3 Å². The summed E-state index contributed by atoms with van der Waals surface area (Å²) in [6, 6.07) is 8.47. The maximum atomic E-state index is 11.1. The molecule has 0 amide bonds. The number of nitriles is 1. The third-order valence-corrected chi connectivity index (χ3v) is 2.80. The monoisotopic (exact) mass is 225 g/mol. The minimum absolute atomic E-state index is 0.148. The second-order valence-electron chi connectivity index (χ2n) is 2.98. The fourth-order valence-electron chi connectivity index (χ4n) is 1.03. The van der Waals surface area contributed by atoms with Crippen LogP contribution < -0.4 is 10.5 Å². The lowest BCUT2D eigenvalue weighted by molar-refractivity contribution is 0.585. The van der Waals surface area contributed by atoms with Crippen molar-refractivity contribution in [1.29, 1.82) is 5.26 Å². The van der Waals surface area contributed by atoms with Crippen LogP contribution in [-0.4, -0.2) is 14.2 Å². The van der Waals surface area contributed by atoms with E-state index in [0.717, 1.165) is 5.56 Å². The van der Waals surface area contributed by atoms with Gasteiger partial charge in [0.05, 0.1) is 6.07 Å². The Morgan fingerprint density at radius 1 is 1.47 bits per heavy atom. The smallest absolute Gasteiger partial charge is 0.225 e. The minimum Gasteiger partial charge on any atom is -0.399 e. The van der Waals surface area contributed by atoms with Crippen molar-refractivity contribution in [3.8, 4) is 6.07 Å². The number of anilines is 1. The molecule has 0 aromatic heterocycles. The highest BCUT2D eigenvalue weighted by molar-refractivity contribution is 7.89. The predicted octanol–water partition coefficient (Wildman–Crippen LogP) is 0.212. The summed E-state index contributed by atoms with van der Waals surface area (Å²) in [6.45, 7) is 0.148. The quantitative estimate of drug-likeness (QED) is 0.716. The van der Waals surface area contributed by atoms with Crippen LogP contribution in [0.5, 0.6) is 0 Å². The van der Waals surface area contributed by atoms with E-state index in [4.69, 9.17) is 11.0 Å². The molecule has 3 N–H and O–H groups in total. The number of sulfonamides is 1. The van der Waals surface area contributed by atoms with Crippen molar-refractivity contribution in [2.75, 3.05) is 11.5 Å². The molecule has 0 saturated heterocycles.